The molecule has 0 bridgehead atoms. The van der Waals surface area contributed by atoms with Crippen molar-refractivity contribution in [3.63, 3.8) is 0 Å². The Morgan fingerprint density at radius 3 is 2.29 bits per heavy atom. The van der Waals surface area contributed by atoms with Crippen LogP contribution in [0, 0.1) is 5.41 Å². The molecular formula is C11H14O2S. The molecule has 0 fully saturated rings. The lowest BCUT2D eigenvalue weighted by molar-refractivity contribution is -0.146. The fourth-order valence-electron chi connectivity index (χ4n) is 1.17. The van der Waals surface area contributed by atoms with E-state index in [1.165, 1.54) is 0 Å². The summed E-state index contributed by atoms with van der Waals surface area (Å²) in [6.45, 7) is 3.36. The molecule has 1 N–H and O–H groups in total. The Hall–Kier alpha value is -0.960. The first-order valence-corrected chi connectivity index (χ1v) is 4.94. The number of carboxylic acids is 1. The molecule has 1 aromatic rings. The molecule has 1 atom stereocenters. The Balaban J connectivity index is 2.96. The summed E-state index contributed by atoms with van der Waals surface area (Å²) >= 11 is 4.36. The SMILES string of the molecule is CC(C)(C(=O)O)C(S)c1ccccc1. The average Bonchev–Trinajstić information content (AvgIpc) is 2.17. The van der Waals surface area contributed by atoms with E-state index in [9.17, 15) is 4.79 Å². The summed E-state index contributed by atoms with van der Waals surface area (Å²) < 4.78 is 0. The normalized spacial score (nSPS) is 13.6. The molecular weight excluding hydrogens is 196 g/mol. The van der Waals surface area contributed by atoms with Crippen LogP contribution in [0.3, 0.4) is 0 Å². The van der Waals surface area contributed by atoms with Crippen LogP contribution in [0.15, 0.2) is 30.3 Å². The molecule has 2 nitrogen and oxygen atoms in total. The summed E-state index contributed by atoms with van der Waals surface area (Å²) in [5, 5.41) is 8.73. The fraction of sp³-hybridized carbons (Fsp3) is 0.364. The number of hydrogen-bond donors (Lipinski definition) is 2. The van der Waals surface area contributed by atoms with Gasteiger partial charge < -0.3 is 5.11 Å². The molecule has 0 radical (unpaired) electrons. The van der Waals surface area contributed by atoms with Gasteiger partial charge in [0, 0.05) is 5.25 Å². The van der Waals surface area contributed by atoms with E-state index >= 15 is 0 Å². The van der Waals surface area contributed by atoms with Gasteiger partial charge in [-0.05, 0) is 19.4 Å². The van der Waals surface area contributed by atoms with Crippen LogP contribution in [0.1, 0.15) is 24.7 Å². The van der Waals surface area contributed by atoms with Crippen LogP contribution >= 0.6 is 12.6 Å². The zero-order valence-corrected chi connectivity index (χ0v) is 9.16. The number of carbonyl (C=O) groups is 1. The third-order valence-electron chi connectivity index (χ3n) is 2.35. The Bertz CT molecular complexity index is 319. The van der Waals surface area contributed by atoms with E-state index in [1.807, 2.05) is 30.3 Å². The van der Waals surface area contributed by atoms with Gasteiger partial charge in [0.15, 0.2) is 0 Å². The van der Waals surface area contributed by atoms with E-state index in [4.69, 9.17) is 5.11 Å². The third kappa shape index (κ3) is 2.10. The van der Waals surface area contributed by atoms with Crippen molar-refractivity contribution in [2.24, 2.45) is 5.41 Å². The molecule has 0 spiro atoms. The first kappa shape index (κ1) is 11.1. The molecule has 1 aromatic carbocycles. The Morgan fingerprint density at radius 1 is 1.36 bits per heavy atom. The highest BCUT2D eigenvalue weighted by atomic mass is 32.1. The topological polar surface area (TPSA) is 37.3 Å². The van der Waals surface area contributed by atoms with E-state index in [2.05, 4.69) is 12.6 Å². The Kier molecular flexibility index (Phi) is 3.21. The molecule has 1 rings (SSSR count). The first-order valence-electron chi connectivity index (χ1n) is 4.42. The maximum absolute atomic E-state index is 11.0. The summed E-state index contributed by atoms with van der Waals surface area (Å²) in [4.78, 5) is 11.0. The second kappa shape index (κ2) is 4.05. The van der Waals surface area contributed by atoms with Gasteiger partial charge in [-0.25, -0.2) is 0 Å². The van der Waals surface area contributed by atoms with Crippen molar-refractivity contribution in [2.75, 3.05) is 0 Å². The largest absolute Gasteiger partial charge is 0.481 e. The minimum absolute atomic E-state index is 0.291. The van der Waals surface area contributed by atoms with Gasteiger partial charge >= 0.3 is 5.97 Å². The predicted octanol–water partition coefficient (Wildman–Crippen LogP) is 2.77. The van der Waals surface area contributed by atoms with Crippen LogP contribution in [0.2, 0.25) is 0 Å². The minimum atomic E-state index is -0.857. The maximum Gasteiger partial charge on any atom is 0.310 e. The van der Waals surface area contributed by atoms with Crippen molar-refractivity contribution in [2.45, 2.75) is 19.1 Å². The number of benzene rings is 1. The summed E-state index contributed by atoms with van der Waals surface area (Å²) in [6, 6.07) is 9.45. The molecule has 0 saturated heterocycles. The molecule has 14 heavy (non-hydrogen) atoms. The van der Waals surface area contributed by atoms with Crippen LogP contribution in [0.4, 0.5) is 0 Å². The summed E-state index contributed by atoms with van der Waals surface area (Å²) in [5.41, 5.74) is 0.0769. The highest BCUT2D eigenvalue weighted by Crippen LogP contribution is 2.38. The van der Waals surface area contributed by atoms with Gasteiger partial charge in [0.2, 0.25) is 0 Å². The molecule has 0 amide bonds. The van der Waals surface area contributed by atoms with Gasteiger partial charge in [0.25, 0.3) is 0 Å². The van der Waals surface area contributed by atoms with Crippen molar-refractivity contribution in [1.82, 2.24) is 0 Å². The smallest absolute Gasteiger partial charge is 0.310 e. The Labute approximate surface area is 89.4 Å². The zero-order valence-electron chi connectivity index (χ0n) is 8.27. The van der Waals surface area contributed by atoms with Gasteiger partial charge in [-0.2, -0.15) is 12.6 Å². The van der Waals surface area contributed by atoms with Crippen molar-refractivity contribution >= 4 is 18.6 Å². The molecule has 0 aliphatic rings. The van der Waals surface area contributed by atoms with E-state index in [0.29, 0.717) is 0 Å². The van der Waals surface area contributed by atoms with Crippen molar-refractivity contribution < 1.29 is 9.90 Å². The fourth-order valence-corrected chi connectivity index (χ4v) is 1.45. The predicted molar refractivity (Wildman–Crippen MR) is 59.6 cm³/mol. The van der Waals surface area contributed by atoms with Crippen LogP contribution in [0.25, 0.3) is 0 Å². The van der Waals surface area contributed by atoms with Crippen LogP contribution in [0.5, 0.6) is 0 Å². The zero-order chi connectivity index (χ0) is 10.8. The summed E-state index contributed by atoms with van der Waals surface area (Å²) in [5.74, 6) is -0.832. The van der Waals surface area contributed by atoms with Gasteiger partial charge in [-0.1, -0.05) is 30.3 Å². The molecule has 3 heteroatoms. The molecule has 76 valence electrons. The minimum Gasteiger partial charge on any atom is -0.481 e. The van der Waals surface area contributed by atoms with Gasteiger partial charge in [-0.3, -0.25) is 4.79 Å². The number of aliphatic carboxylic acids is 1. The maximum atomic E-state index is 11.0. The van der Waals surface area contributed by atoms with Crippen LogP contribution in [-0.2, 0) is 4.79 Å². The monoisotopic (exact) mass is 210 g/mol. The standard InChI is InChI=1S/C11H14O2S/c1-11(2,10(12)13)9(14)8-6-4-3-5-7-8/h3-7,9,14H,1-2H3,(H,12,13). The second-order valence-corrected chi connectivity index (χ2v) is 4.36. The molecule has 0 aromatic heterocycles. The van der Waals surface area contributed by atoms with E-state index in [0.717, 1.165) is 5.56 Å². The number of rotatable bonds is 3. The quantitative estimate of drug-likeness (QED) is 0.753. The third-order valence-corrected chi connectivity index (χ3v) is 3.29. The Morgan fingerprint density at radius 2 is 1.86 bits per heavy atom. The summed E-state index contributed by atoms with van der Waals surface area (Å²) in [6.07, 6.45) is 0. The summed E-state index contributed by atoms with van der Waals surface area (Å²) in [7, 11) is 0. The number of thiol groups is 1. The molecule has 0 aliphatic carbocycles. The molecule has 0 heterocycles. The lowest BCUT2D eigenvalue weighted by atomic mass is 9.85. The van der Waals surface area contributed by atoms with Crippen molar-refractivity contribution in [3.05, 3.63) is 35.9 Å². The van der Waals surface area contributed by atoms with Crippen LogP contribution in [-0.4, -0.2) is 11.1 Å². The van der Waals surface area contributed by atoms with Crippen LogP contribution < -0.4 is 0 Å². The van der Waals surface area contributed by atoms with Crippen molar-refractivity contribution in [1.29, 1.82) is 0 Å². The highest BCUT2D eigenvalue weighted by molar-refractivity contribution is 7.80. The number of hydrogen-bond acceptors (Lipinski definition) is 2. The van der Waals surface area contributed by atoms with E-state index < -0.39 is 11.4 Å². The van der Waals surface area contributed by atoms with E-state index in [1.54, 1.807) is 13.8 Å². The van der Waals surface area contributed by atoms with Gasteiger partial charge in [-0.15, -0.1) is 0 Å². The average molecular weight is 210 g/mol. The van der Waals surface area contributed by atoms with E-state index in [-0.39, 0.29) is 5.25 Å². The van der Waals surface area contributed by atoms with Crippen molar-refractivity contribution in [3.8, 4) is 0 Å². The lowest BCUT2D eigenvalue weighted by Crippen LogP contribution is -2.28. The highest BCUT2D eigenvalue weighted by Gasteiger charge is 2.35. The number of carboxylic acid groups (broad SMARTS) is 1. The molecule has 1 unspecified atom stereocenters. The van der Waals surface area contributed by atoms with Gasteiger partial charge in [0.1, 0.15) is 0 Å². The molecule has 0 saturated carbocycles. The van der Waals surface area contributed by atoms with Gasteiger partial charge in [0.05, 0.1) is 5.41 Å². The first-order chi connectivity index (χ1) is 6.46. The lowest BCUT2D eigenvalue weighted by Gasteiger charge is -2.26. The molecule has 0 aliphatic heterocycles. The second-order valence-electron chi connectivity index (χ2n) is 3.84.